The van der Waals surface area contributed by atoms with Crippen LogP contribution in [0, 0.1) is 0 Å². The van der Waals surface area contributed by atoms with Crippen LogP contribution in [0.15, 0.2) is 0 Å². The predicted molar refractivity (Wildman–Crippen MR) is 65.8 cm³/mol. The van der Waals surface area contributed by atoms with Crippen LogP contribution in [0.1, 0.15) is 19.3 Å². The summed E-state index contributed by atoms with van der Waals surface area (Å²) in [6, 6.07) is 0. The smallest absolute Gasteiger partial charge is 0.0282 e. The predicted octanol–water partition coefficient (Wildman–Crippen LogP) is 3.37. The minimum absolute atomic E-state index is 0.892. The van der Waals surface area contributed by atoms with Gasteiger partial charge in [0.1, 0.15) is 0 Å². The lowest BCUT2D eigenvalue weighted by Crippen LogP contribution is -2.34. The molecule has 0 heterocycles. The molecule has 0 aromatic heterocycles. The van der Waals surface area contributed by atoms with E-state index in [0.717, 1.165) is 15.7 Å². The Balaban J connectivity index is 2.52. The molecule has 1 rings (SSSR count). The second-order valence-electron chi connectivity index (χ2n) is 3.18. The van der Waals surface area contributed by atoms with E-state index in [4.69, 9.17) is 0 Å². The van der Waals surface area contributed by atoms with Crippen LogP contribution in [0.2, 0.25) is 0 Å². The van der Waals surface area contributed by atoms with Crippen LogP contribution in [-0.2, 0) is 0 Å². The third-order valence-electron chi connectivity index (χ3n) is 2.59. The van der Waals surface area contributed by atoms with E-state index in [1.165, 1.54) is 19.3 Å². The monoisotopic (exact) mass is 222 g/mol. The highest BCUT2D eigenvalue weighted by Crippen LogP contribution is 2.38. The van der Waals surface area contributed by atoms with Crippen molar-refractivity contribution in [2.75, 3.05) is 18.8 Å². The summed E-state index contributed by atoms with van der Waals surface area (Å²) in [5, 5.41) is 2.71. The van der Waals surface area contributed by atoms with Crippen molar-refractivity contribution < 1.29 is 0 Å². The molecule has 0 aromatic carbocycles. The zero-order valence-electron chi connectivity index (χ0n) is 8.08. The molecule has 0 radical (unpaired) electrons. The summed E-state index contributed by atoms with van der Waals surface area (Å²) in [4.78, 5) is 0. The normalized spacial score (nSPS) is 36.8. The Hall–Kier alpha value is 1.05. The van der Waals surface area contributed by atoms with Gasteiger partial charge in [-0.3, -0.25) is 0 Å². The van der Waals surface area contributed by atoms with Crippen molar-refractivity contribution in [1.82, 2.24) is 0 Å². The minimum atomic E-state index is 0.892. The lowest BCUT2D eigenvalue weighted by Gasteiger charge is -2.35. The topological polar surface area (TPSA) is 0 Å². The maximum Gasteiger partial charge on any atom is 0.0282 e. The molecule has 0 aliphatic heterocycles. The fourth-order valence-corrected chi connectivity index (χ4v) is 5.93. The Morgan fingerprint density at radius 3 is 1.67 bits per heavy atom. The van der Waals surface area contributed by atoms with Gasteiger partial charge in [-0.25, -0.2) is 0 Å². The highest BCUT2D eigenvalue weighted by atomic mass is 32.2. The van der Waals surface area contributed by atoms with E-state index < -0.39 is 0 Å². The fraction of sp³-hybridized carbons (Fsp3) is 1.00. The lowest BCUT2D eigenvalue weighted by atomic mass is 9.99. The molecule has 72 valence electrons. The highest BCUT2D eigenvalue weighted by Gasteiger charge is 2.31. The van der Waals surface area contributed by atoms with Gasteiger partial charge >= 0.3 is 0 Å². The Morgan fingerprint density at radius 1 is 0.833 bits per heavy atom. The van der Waals surface area contributed by atoms with E-state index in [9.17, 15) is 0 Å². The molecule has 0 bridgehead atoms. The zero-order chi connectivity index (χ0) is 8.97. The third kappa shape index (κ3) is 2.52. The van der Waals surface area contributed by atoms with Gasteiger partial charge in [0, 0.05) is 15.7 Å². The number of thioether (sulfide) groups is 3. The van der Waals surface area contributed by atoms with Gasteiger partial charge in [-0.15, -0.1) is 0 Å². The molecule has 1 saturated carbocycles. The van der Waals surface area contributed by atoms with Crippen molar-refractivity contribution in [1.29, 1.82) is 0 Å². The largest absolute Gasteiger partial charge is 0.161 e. The second-order valence-corrected chi connectivity index (χ2v) is 6.35. The number of rotatable bonds is 3. The van der Waals surface area contributed by atoms with Crippen molar-refractivity contribution in [2.45, 2.75) is 35.0 Å². The average molecular weight is 222 g/mol. The summed E-state index contributed by atoms with van der Waals surface area (Å²) in [5.74, 6) is 0. The molecule has 1 aliphatic carbocycles. The Morgan fingerprint density at radius 2 is 1.33 bits per heavy atom. The highest BCUT2D eigenvalue weighted by molar-refractivity contribution is 8.05. The van der Waals surface area contributed by atoms with E-state index in [1.54, 1.807) is 0 Å². The number of hydrogen-bond donors (Lipinski definition) is 0. The average Bonchev–Trinajstić information content (AvgIpc) is 2.16. The standard InChI is InChI=1S/C9H18S3/c1-10-7-5-4-6-8(11-2)9(7)12-3/h7-9H,4-6H2,1-3H3. The zero-order valence-corrected chi connectivity index (χ0v) is 10.5. The van der Waals surface area contributed by atoms with Crippen LogP contribution in [0.4, 0.5) is 0 Å². The van der Waals surface area contributed by atoms with Crippen LogP contribution in [0.3, 0.4) is 0 Å². The van der Waals surface area contributed by atoms with Gasteiger partial charge < -0.3 is 0 Å². The molecule has 0 amide bonds. The maximum absolute atomic E-state index is 2.27. The van der Waals surface area contributed by atoms with Crippen molar-refractivity contribution >= 4 is 35.3 Å². The summed E-state index contributed by atoms with van der Waals surface area (Å²) < 4.78 is 0. The maximum atomic E-state index is 2.27. The van der Waals surface area contributed by atoms with Gasteiger partial charge in [0.15, 0.2) is 0 Å². The first-order valence-corrected chi connectivity index (χ1v) is 8.28. The van der Waals surface area contributed by atoms with Crippen molar-refractivity contribution in [3.63, 3.8) is 0 Å². The van der Waals surface area contributed by atoms with Crippen molar-refractivity contribution in [2.24, 2.45) is 0 Å². The summed E-state index contributed by atoms with van der Waals surface area (Å²) >= 11 is 6.20. The Labute approximate surface area is 89.0 Å². The molecule has 12 heavy (non-hydrogen) atoms. The van der Waals surface area contributed by atoms with Crippen LogP contribution >= 0.6 is 35.3 Å². The first-order valence-electron chi connectivity index (χ1n) is 4.42. The van der Waals surface area contributed by atoms with Gasteiger partial charge in [-0.2, -0.15) is 35.3 Å². The quantitative estimate of drug-likeness (QED) is 0.719. The van der Waals surface area contributed by atoms with Crippen LogP contribution in [0.5, 0.6) is 0 Å². The first kappa shape index (κ1) is 11.1. The molecule has 1 aliphatic rings. The molecule has 3 heteroatoms. The third-order valence-corrected chi connectivity index (χ3v) is 6.40. The molecular weight excluding hydrogens is 204 g/mol. The van der Waals surface area contributed by atoms with Gasteiger partial charge in [0.05, 0.1) is 0 Å². The molecule has 0 nitrogen and oxygen atoms in total. The fourth-order valence-electron chi connectivity index (χ4n) is 1.90. The van der Waals surface area contributed by atoms with Crippen molar-refractivity contribution in [3.8, 4) is 0 Å². The van der Waals surface area contributed by atoms with Gasteiger partial charge in [-0.1, -0.05) is 6.42 Å². The van der Waals surface area contributed by atoms with E-state index in [0.29, 0.717) is 0 Å². The molecule has 2 atom stereocenters. The summed E-state index contributed by atoms with van der Waals surface area (Å²) in [7, 11) is 0. The van der Waals surface area contributed by atoms with Crippen LogP contribution in [-0.4, -0.2) is 34.5 Å². The molecule has 0 spiro atoms. The van der Waals surface area contributed by atoms with Gasteiger partial charge in [0.25, 0.3) is 0 Å². The first-order chi connectivity index (χ1) is 5.83. The molecule has 0 N–H and O–H groups in total. The number of hydrogen-bond acceptors (Lipinski definition) is 3. The lowest BCUT2D eigenvalue weighted by molar-refractivity contribution is 0.541. The minimum Gasteiger partial charge on any atom is -0.161 e. The molecule has 2 unspecified atom stereocenters. The van der Waals surface area contributed by atoms with E-state index >= 15 is 0 Å². The van der Waals surface area contributed by atoms with Gasteiger partial charge in [0.2, 0.25) is 0 Å². The SMILES string of the molecule is CSC1CCCC(SC)C1SC. The van der Waals surface area contributed by atoms with Crippen LogP contribution in [0.25, 0.3) is 0 Å². The summed E-state index contributed by atoms with van der Waals surface area (Å²) in [6.45, 7) is 0. The molecule has 0 aromatic rings. The van der Waals surface area contributed by atoms with Gasteiger partial charge in [-0.05, 0) is 31.6 Å². The van der Waals surface area contributed by atoms with E-state index in [1.807, 2.05) is 0 Å². The van der Waals surface area contributed by atoms with E-state index in [2.05, 4.69) is 54.1 Å². The second kappa shape index (κ2) is 5.71. The van der Waals surface area contributed by atoms with Crippen LogP contribution < -0.4 is 0 Å². The Bertz CT molecular complexity index is 115. The molecular formula is C9H18S3. The molecule has 0 saturated heterocycles. The summed E-state index contributed by atoms with van der Waals surface area (Å²) in [6.07, 6.45) is 11.1. The Kier molecular flexibility index (Phi) is 5.30. The van der Waals surface area contributed by atoms with E-state index in [-0.39, 0.29) is 0 Å². The summed E-state index contributed by atoms with van der Waals surface area (Å²) in [5.41, 5.74) is 0. The molecule has 1 fully saturated rings. The van der Waals surface area contributed by atoms with Crippen molar-refractivity contribution in [3.05, 3.63) is 0 Å².